The number of hydrogen-bond donors (Lipinski definition) is 0. The Morgan fingerprint density at radius 1 is 0.413 bits per heavy atom. The summed E-state index contributed by atoms with van der Waals surface area (Å²) in [5, 5.41) is -7.67. The van der Waals surface area contributed by atoms with Gasteiger partial charge in [0.25, 0.3) is 23.6 Å². The van der Waals surface area contributed by atoms with Crippen LogP contribution in [0.25, 0.3) is 10.8 Å². The lowest BCUT2D eigenvalue weighted by atomic mass is 9.85. The first-order valence-electron chi connectivity index (χ1n) is 11.2. The van der Waals surface area contributed by atoms with Gasteiger partial charge in [0.15, 0.2) is 0 Å². The summed E-state index contributed by atoms with van der Waals surface area (Å²) in [6, 6.07) is 0. The van der Waals surface area contributed by atoms with Crippen LogP contribution in [0, 0.1) is 0 Å². The zero-order valence-electron chi connectivity index (χ0n) is 20.7. The number of nitrogens with zero attached hydrogens (tertiary/aromatic N) is 2. The molecule has 0 saturated carbocycles. The molecule has 252 valence electrons. The second-order valence-corrected chi connectivity index (χ2v) is 11.0. The van der Waals surface area contributed by atoms with Crippen LogP contribution in [-0.2, 0) is 0 Å². The molecule has 0 aromatic heterocycles. The standard InChI is InChI=1S/C22H4Cl4F14N2O4/c23-9-5-3-4-7(11(9)25)15(45)42(2-18(29,30)20(33,34)22(38,39)40)16(46)8(4)12(26)10(24)6(3)14(44)41(13(5)43)1-17(27,28)19(31,32)21(35,36)37/h1-2H2. The molecule has 46 heavy (non-hydrogen) atoms. The maximum atomic E-state index is 14.3. The third-order valence-electron chi connectivity index (χ3n) is 6.69. The van der Waals surface area contributed by atoms with Crippen molar-refractivity contribution < 1.29 is 80.6 Å². The van der Waals surface area contributed by atoms with Crippen molar-refractivity contribution in [1.82, 2.24) is 9.80 Å². The molecule has 2 aliphatic rings. The lowest BCUT2D eigenvalue weighted by Crippen LogP contribution is -2.59. The normalized spacial score (nSPS) is 16.7. The summed E-state index contributed by atoms with van der Waals surface area (Å²) < 4.78 is 188. The number of benzene rings is 2. The van der Waals surface area contributed by atoms with Gasteiger partial charge in [0.2, 0.25) is 0 Å². The molecule has 0 unspecified atom stereocenters. The molecule has 0 spiro atoms. The lowest BCUT2D eigenvalue weighted by Gasteiger charge is -2.37. The number of carbonyl (C=O) groups is 4. The van der Waals surface area contributed by atoms with Crippen molar-refractivity contribution in [2.45, 2.75) is 36.0 Å². The minimum atomic E-state index is -6.92. The molecule has 6 nitrogen and oxygen atoms in total. The Morgan fingerprint density at radius 2 is 0.609 bits per heavy atom. The predicted molar refractivity (Wildman–Crippen MR) is 127 cm³/mol. The molecule has 0 saturated heterocycles. The van der Waals surface area contributed by atoms with E-state index in [2.05, 4.69) is 0 Å². The fourth-order valence-electron chi connectivity index (χ4n) is 4.45. The number of halogens is 18. The van der Waals surface area contributed by atoms with E-state index in [0.717, 1.165) is 0 Å². The molecule has 0 bridgehead atoms. The first-order chi connectivity index (χ1) is 20.5. The molecule has 2 aliphatic heterocycles. The zero-order valence-corrected chi connectivity index (χ0v) is 23.8. The topological polar surface area (TPSA) is 74.8 Å². The van der Waals surface area contributed by atoms with Crippen LogP contribution in [0.1, 0.15) is 41.4 Å². The van der Waals surface area contributed by atoms with Gasteiger partial charge in [0.1, 0.15) is 0 Å². The van der Waals surface area contributed by atoms with Crippen LogP contribution in [0.4, 0.5) is 61.5 Å². The van der Waals surface area contributed by atoms with Crippen molar-refractivity contribution in [2.24, 2.45) is 0 Å². The highest BCUT2D eigenvalue weighted by Gasteiger charge is 2.75. The first-order valence-corrected chi connectivity index (χ1v) is 12.7. The number of alkyl halides is 14. The van der Waals surface area contributed by atoms with E-state index in [1.807, 2.05) is 0 Å². The molecule has 0 fully saturated rings. The predicted octanol–water partition coefficient (Wildman–Crippen LogP) is 8.31. The summed E-state index contributed by atoms with van der Waals surface area (Å²) in [4.78, 5) is 50.8. The molecule has 2 heterocycles. The molecule has 0 atom stereocenters. The summed E-state index contributed by atoms with van der Waals surface area (Å²) in [5.41, 5.74) is -5.41. The zero-order chi connectivity index (χ0) is 35.7. The van der Waals surface area contributed by atoms with Crippen LogP contribution in [0.2, 0.25) is 20.1 Å². The quantitative estimate of drug-likeness (QED) is 0.219. The number of imide groups is 2. The van der Waals surface area contributed by atoms with Gasteiger partial charge >= 0.3 is 36.0 Å². The number of rotatable bonds is 6. The summed E-state index contributed by atoms with van der Waals surface area (Å²) >= 11 is 23.7. The van der Waals surface area contributed by atoms with Crippen molar-refractivity contribution in [1.29, 1.82) is 0 Å². The first kappa shape index (κ1) is 36.0. The van der Waals surface area contributed by atoms with E-state index in [-0.39, 0.29) is 0 Å². The van der Waals surface area contributed by atoms with Crippen molar-refractivity contribution in [3.05, 3.63) is 42.3 Å². The Balaban J connectivity index is 1.98. The van der Waals surface area contributed by atoms with Crippen molar-refractivity contribution in [3.63, 3.8) is 0 Å². The van der Waals surface area contributed by atoms with E-state index in [1.165, 1.54) is 0 Å². The Bertz CT molecular complexity index is 1570. The minimum absolute atomic E-state index is 0.887. The number of amides is 4. The Kier molecular flexibility index (Phi) is 8.08. The Hall–Kier alpha value is -2.84. The van der Waals surface area contributed by atoms with Crippen molar-refractivity contribution in [3.8, 4) is 0 Å². The second-order valence-electron chi connectivity index (χ2n) is 9.45. The fraction of sp³-hybridized carbons (Fsp3) is 0.364. The van der Waals surface area contributed by atoms with Gasteiger partial charge in [-0.05, 0) is 0 Å². The van der Waals surface area contributed by atoms with Crippen LogP contribution in [0.3, 0.4) is 0 Å². The van der Waals surface area contributed by atoms with E-state index in [0.29, 0.717) is 0 Å². The maximum absolute atomic E-state index is 14.3. The number of carbonyl (C=O) groups excluding carboxylic acids is 4. The third kappa shape index (κ3) is 4.68. The molecule has 2 aromatic rings. The van der Waals surface area contributed by atoms with E-state index < -0.39 is 136 Å². The van der Waals surface area contributed by atoms with Crippen LogP contribution < -0.4 is 0 Å². The van der Waals surface area contributed by atoms with Crippen LogP contribution in [0.15, 0.2) is 0 Å². The van der Waals surface area contributed by atoms with Gasteiger partial charge in [-0.1, -0.05) is 46.4 Å². The van der Waals surface area contributed by atoms with Gasteiger partial charge in [0, 0.05) is 10.8 Å². The SMILES string of the molecule is O=C1c2c(Cl)c(Cl)c3c4c(c(Cl)c(Cl)c(c24)C(=O)N1CC(F)(F)C(F)(F)C(F)(F)F)C(=O)N(CC(F)(F)C(F)(F)C(F)(F)F)C3=O. The molecule has 0 radical (unpaired) electrons. The van der Waals surface area contributed by atoms with Gasteiger partial charge in [-0.15, -0.1) is 0 Å². The molecular formula is C22H4Cl4F14N2O4. The fourth-order valence-corrected chi connectivity index (χ4v) is 5.53. The lowest BCUT2D eigenvalue weighted by molar-refractivity contribution is -0.354. The average Bonchev–Trinajstić information content (AvgIpc) is 2.88. The maximum Gasteiger partial charge on any atom is 0.459 e. The van der Waals surface area contributed by atoms with Crippen molar-refractivity contribution >= 4 is 80.8 Å². The smallest absolute Gasteiger partial charge is 0.269 e. The van der Waals surface area contributed by atoms with Crippen LogP contribution >= 0.6 is 46.4 Å². The molecule has 2 aromatic carbocycles. The monoisotopic (exact) mass is 766 g/mol. The summed E-state index contributed by atoms with van der Waals surface area (Å²) in [7, 11) is 0. The highest BCUT2D eigenvalue weighted by molar-refractivity contribution is 6.54. The molecule has 4 rings (SSSR count). The molecule has 24 heteroatoms. The Labute approximate surface area is 262 Å². The van der Waals surface area contributed by atoms with Gasteiger partial charge < -0.3 is 0 Å². The second kappa shape index (κ2) is 10.3. The van der Waals surface area contributed by atoms with E-state index in [9.17, 15) is 80.6 Å². The third-order valence-corrected chi connectivity index (χ3v) is 8.40. The summed E-state index contributed by atoms with van der Waals surface area (Å²) in [6.07, 6.45) is -13.8. The Morgan fingerprint density at radius 3 is 0.783 bits per heavy atom. The highest BCUT2D eigenvalue weighted by Crippen LogP contribution is 2.53. The van der Waals surface area contributed by atoms with Crippen LogP contribution in [0.5, 0.6) is 0 Å². The number of hydrogen-bond acceptors (Lipinski definition) is 4. The summed E-state index contributed by atoms with van der Waals surface area (Å²) in [6.45, 7) is -6.00. The van der Waals surface area contributed by atoms with Gasteiger partial charge in [-0.2, -0.15) is 61.5 Å². The van der Waals surface area contributed by atoms with Crippen molar-refractivity contribution in [2.75, 3.05) is 13.1 Å². The van der Waals surface area contributed by atoms with E-state index in [1.54, 1.807) is 0 Å². The minimum Gasteiger partial charge on any atom is -0.269 e. The van der Waals surface area contributed by atoms with Gasteiger partial charge in [-0.3, -0.25) is 29.0 Å². The van der Waals surface area contributed by atoms with E-state index >= 15 is 0 Å². The van der Waals surface area contributed by atoms with Gasteiger partial charge in [0.05, 0.1) is 55.4 Å². The molecule has 0 aliphatic carbocycles. The largest absolute Gasteiger partial charge is 0.459 e. The average molecular weight is 768 g/mol. The molecular weight excluding hydrogens is 764 g/mol. The summed E-state index contributed by atoms with van der Waals surface area (Å²) in [5.74, 6) is -35.0. The van der Waals surface area contributed by atoms with Gasteiger partial charge in [-0.25, -0.2) is 0 Å². The molecule has 4 amide bonds. The van der Waals surface area contributed by atoms with E-state index in [4.69, 9.17) is 46.4 Å². The highest BCUT2D eigenvalue weighted by atomic mass is 35.5. The molecule has 0 N–H and O–H groups in total. The van der Waals surface area contributed by atoms with Crippen LogP contribution in [-0.4, -0.2) is 82.6 Å².